The Labute approximate surface area is 190 Å². The maximum absolute atomic E-state index is 6.14. The van der Waals surface area contributed by atoms with Crippen molar-refractivity contribution in [1.82, 2.24) is 15.2 Å². The minimum absolute atomic E-state index is 0. The Morgan fingerprint density at radius 3 is 2.68 bits per heavy atom. The van der Waals surface area contributed by atoms with Crippen LogP contribution in [0.5, 0.6) is 0 Å². The lowest BCUT2D eigenvalue weighted by Gasteiger charge is -2.35. The van der Waals surface area contributed by atoms with Crippen molar-refractivity contribution in [3.63, 3.8) is 0 Å². The molecule has 160 valence electrons. The quantitative estimate of drug-likeness (QED) is 0.349. The van der Waals surface area contributed by atoms with Crippen molar-refractivity contribution in [1.29, 1.82) is 0 Å². The van der Waals surface area contributed by atoms with E-state index in [0.717, 1.165) is 68.8 Å². The number of halogens is 1. The predicted octanol–water partition coefficient (Wildman–Crippen LogP) is 3.89. The van der Waals surface area contributed by atoms with Crippen LogP contribution in [0.15, 0.2) is 4.99 Å². The Bertz CT molecular complexity index is 611. The molecule has 6 nitrogen and oxygen atoms in total. The number of hydrogen-bond acceptors (Lipinski definition) is 5. The predicted molar refractivity (Wildman–Crippen MR) is 126 cm³/mol. The van der Waals surface area contributed by atoms with E-state index in [9.17, 15) is 0 Å². The first kappa shape index (κ1) is 23.8. The third-order valence-electron chi connectivity index (χ3n) is 5.24. The number of hydrogen-bond donors (Lipinski definition) is 1. The average molecular weight is 522 g/mol. The number of ether oxygens (including phenoxy) is 2. The molecule has 2 aliphatic rings. The molecule has 0 amide bonds. The van der Waals surface area contributed by atoms with Crippen LogP contribution in [0.1, 0.15) is 54.6 Å². The van der Waals surface area contributed by atoms with Crippen molar-refractivity contribution in [2.24, 2.45) is 4.99 Å². The van der Waals surface area contributed by atoms with Gasteiger partial charge in [0.25, 0.3) is 0 Å². The topological polar surface area (TPSA) is 59.0 Å². The number of aryl methyl sites for hydroxylation is 2. The highest BCUT2D eigenvalue weighted by Crippen LogP contribution is 2.20. The number of rotatable bonds is 6. The van der Waals surface area contributed by atoms with Gasteiger partial charge in [0.2, 0.25) is 0 Å². The Balaban J connectivity index is 0.00000280. The van der Waals surface area contributed by atoms with Crippen molar-refractivity contribution >= 4 is 41.3 Å². The first-order valence-corrected chi connectivity index (χ1v) is 11.2. The molecule has 0 aliphatic carbocycles. The molecule has 0 aromatic carbocycles. The van der Waals surface area contributed by atoms with Gasteiger partial charge in [0, 0.05) is 31.1 Å². The number of thiazole rings is 1. The van der Waals surface area contributed by atoms with Crippen molar-refractivity contribution < 1.29 is 9.47 Å². The molecule has 1 aromatic heterocycles. The zero-order chi connectivity index (χ0) is 19.1. The van der Waals surface area contributed by atoms with E-state index in [1.807, 2.05) is 0 Å². The van der Waals surface area contributed by atoms with Gasteiger partial charge in [0.15, 0.2) is 5.96 Å². The van der Waals surface area contributed by atoms with Gasteiger partial charge in [-0.25, -0.2) is 9.98 Å². The molecule has 0 saturated carbocycles. The first-order chi connectivity index (χ1) is 13.2. The summed E-state index contributed by atoms with van der Waals surface area (Å²) in [7, 11) is 0. The lowest BCUT2D eigenvalue weighted by molar-refractivity contribution is -0.0721. The van der Waals surface area contributed by atoms with Gasteiger partial charge >= 0.3 is 0 Å². The summed E-state index contributed by atoms with van der Waals surface area (Å²) >= 11 is 1.75. The van der Waals surface area contributed by atoms with E-state index in [0.29, 0.717) is 18.8 Å². The number of piperidine rings is 1. The zero-order valence-electron chi connectivity index (χ0n) is 17.4. The maximum atomic E-state index is 6.14. The molecule has 1 N–H and O–H groups in total. The van der Waals surface area contributed by atoms with Gasteiger partial charge in [-0.1, -0.05) is 0 Å². The highest BCUT2D eigenvalue weighted by Gasteiger charge is 2.23. The van der Waals surface area contributed by atoms with Gasteiger partial charge in [-0.15, -0.1) is 35.3 Å². The Kier molecular flexibility index (Phi) is 10.5. The lowest BCUT2D eigenvalue weighted by Crippen LogP contribution is -2.47. The molecular weight excluding hydrogens is 487 g/mol. The highest BCUT2D eigenvalue weighted by molar-refractivity contribution is 14.0. The summed E-state index contributed by atoms with van der Waals surface area (Å²) in [6, 6.07) is 0. The summed E-state index contributed by atoms with van der Waals surface area (Å²) < 4.78 is 11.9. The van der Waals surface area contributed by atoms with E-state index < -0.39 is 0 Å². The van der Waals surface area contributed by atoms with Crippen molar-refractivity contribution in [2.75, 3.05) is 32.8 Å². The Hall–Kier alpha value is -0.450. The largest absolute Gasteiger partial charge is 0.376 e. The van der Waals surface area contributed by atoms with Crippen LogP contribution in [0.4, 0.5) is 0 Å². The molecular formula is C20H35IN4O2S. The van der Waals surface area contributed by atoms with Crippen LogP contribution in [-0.4, -0.2) is 60.9 Å². The number of nitrogens with zero attached hydrogens (tertiary/aromatic N) is 3. The second-order valence-corrected chi connectivity index (χ2v) is 8.71. The zero-order valence-corrected chi connectivity index (χ0v) is 20.6. The van der Waals surface area contributed by atoms with Gasteiger partial charge < -0.3 is 19.7 Å². The number of aromatic nitrogens is 1. The third kappa shape index (κ3) is 7.11. The van der Waals surface area contributed by atoms with Gasteiger partial charge in [-0.2, -0.15) is 0 Å². The molecule has 28 heavy (non-hydrogen) atoms. The molecule has 3 rings (SSSR count). The Morgan fingerprint density at radius 1 is 1.29 bits per heavy atom. The van der Waals surface area contributed by atoms with Gasteiger partial charge in [-0.3, -0.25) is 0 Å². The monoisotopic (exact) mass is 522 g/mol. The summed E-state index contributed by atoms with van der Waals surface area (Å²) in [6.45, 7) is 11.5. The van der Waals surface area contributed by atoms with Crippen LogP contribution < -0.4 is 5.32 Å². The average Bonchev–Trinajstić information content (AvgIpc) is 3.02. The summed E-state index contributed by atoms with van der Waals surface area (Å²) in [6.07, 6.45) is 6.37. The molecule has 0 radical (unpaired) electrons. The molecule has 1 atom stereocenters. The van der Waals surface area contributed by atoms with Crippen LogP contribution in [0.2, 0.25) is 0 Å². The minimum Gasteiger partial charge on any atom is -0.376 e. The van der Waals surface area contributed by atoms with Crippen LogP contribution in [0, 0.1) is 13.8 Å². The van der Waals surface area contributed by atoms with Crippen LogP contribution in [-0.2, 0) is 16.0 Å². The van der Waals surface area contributed by atoms with E-state index in [2.05, 4.69) is 36.0 Å². The van der Waals surface area contributed by atoms with Crippen LogP contribution in [0.25, 0.3) is 0 Å². The molecule has 1 aromatic rings. The molecule has 0 spiro atoms. The number of aliphatic imine (C=N–C) groups is 1. The van der Waals surface area contributed by atoms with Crippen molar-refractivity contribution in [3.05, 3.63) is 15.6 Å². The summed E-state index contributed by atoms with van der Waals surface area (Å²) in [4.78, 5) is 13.0. The van der Waals surface area contributed by atoms with Gasteiger partial charge in [0.1, 0.15) is 0 Å². The molecule has 2 fully saturated rings. The summed E-state index contributed by atoms with van der Waals surface area (Å²) in [5.74, 6) is 1.01. The molecule has 2 saturated heterocycles. The van der Waals surface area contributed by atoms with E-state index in [4.69, 9.17) is 14.5 Å². The number of likely N-dealkylation sites (tertiary alicyclic amines) is 1. The van der Waals surface area contributed by atoms with E-state index >= 15 is 0 Å². The fraction of sp³-hybridized carbons (Fsp3) is 0.800. The SMILES string of the molecule is CCNC(=NCc1sc(C)nc1C)N1CCC(OCC2CCCCO2)CC1.I. The second kappa shape index (κ2) is 12.3. The minimum atomic E-state index is 0. The maximum Gasteiger partial charge on any atom is 0.194 e. The smallest absolute Gasteiger partial charge is 0.194 e. The van der Waals surface area contributed by atoms with Crippen molar-refractivity contribution in [3.8, 4) is 0 Å². The normalized spacial score (nSPS) is 21.5. The van der Waals surface area contributed by atoms with E-state index in [1.54, 1.807) is 11.3 Å². The molecule has 3 heterocycles. The first-order valence-electron chi connectivity index (χ1n) is 10.3. The molecule has 1 unspecified atom stereocenters. The fourth-order valence-electron chi connectivity index (χ4n) is 3.71. The number of guanidine groups is 1. The van der Waals surface area contributed by atoms with E-state index in [-0.39, 0.29) is 24.0 Å². The standard InChI is InChI=1S/C20H34N4O2S.HI/c1-4-21-20(22-13-19-15(2)23-16(3)27-19)24-10-8-17(9-11-24)26-14-18-7-5-6-12-25-18;/h17-18H,4-14H2,1-3H3,(H,21,22);1H. The summed E-state index contributed by atoms with van der Waals surface area (Å²) in [5, 5.41) is 4.56. The Morgan fingerprint density at radius 2 is 2.07 bits per heavy atom. The van der Waals surface area contributed by atoms with Crippen LogP contribution in [0.3, 0.4) is 0 Å². The highest BCUT2D eigenvalue weighted by atomic mass is 127. The lowest BCUT2D eigenvalue weighted by atomic mass is 10.1. The molecule has 0 bridgehead atoms. The fourth-order valence-corrected chi connectivity index (χ4v) is 4.57. The molecule has 8 heteroatoms. The van der Waals surface area contributed by atoms with Crippen LogP contribution >= 0.6 is 35.3 Å². The van der Waals surface area contributed by atoms with Gasteiger partial charge in [0.05, 0.1) is 36.1 Å². The van der Waals surface area contributed by atoms with Crippen molar-refractivity contribution in [2.45, 2.75) is 71.6 Å². The van der Waals surface area contributed by atoms with Gasteiger partial charge in [-0.05, 0) is 52.9 Å². The second-order valence-electron chi connectivity index (χ2n) is 7.42. The van der Waals surface area contributed by atoms with E-state index in [1.165, 1.54) is 17.7 Å². The summed E-state index contributed by atoms with van der Waals surface area (Å²) in [5.41, 5.74) is 1.11. The number of nitrogens with one attached hydrogen (secondary N) is 1. The molecule has 2 aliphatic heterocycles. The third-order valence-corrected chi connectivity index (χ3v) is 6.30.